The summed E-state index contributed by atoms with van der Waals surface area (Å²) in [4.78, 5) is 14.4. The van der Waals surface area contributed by atoms with Crippen LogP contribution in [0.2, 0.25) is 0 Å². The van der Waals surface area contributed by atoms with E-state index < -0.39 is 0 Å². The van der Waals surface area contributed by atoms with Gasteiger partial charge in [-0.1, -0.05) is 12.1 Å². The van der Waals surface area contributed by atoms with Crippen LogP contribution in [-0.4, -0.2) is 44.2 Å². The van der Waals surface area contributed by atoms with E-state index in [0.717, 1.165) is 49.6 Å². The molecule has 120 valence electrons. The van der Waals surface area contributed by atoms with Gasteiger partial charge >= 0.3 is 0 Å². The van der Waals surface area contributed by atoms with E-state index in [0.29, 0.717) is 5.92 Å². The normalized spacial score (nSPS) is 18.3. The molecule has 0 N–H and O–H groups in total. The monoisotopic (exact) mass is 303 g/mol. The van der Waals surface area contributed by atoms with Gasteiger partial charge in [-0.3, -0.25) is 4.79 Å². The minimum atomic E-state index is 0.0646. The number of amides is 1. The molecule has 0 saturated carbocycles. The highest BCUT2D eigenvalue weighted by Crippen LogP contribution is 2.20. The molecular formula is C18H25NO3. The summed E-state index contributed by atoms with van der Waals surface area (Å²) in [5, 5.41) is 0. The molecule has 0 aromatic heterocycles. The van der Waals surface area contributed by atoms with E-state index in [4.69, 9.17) is 9.47 Å². The van der Waals surface area contributed by atoms with Crippen LogP contribution in [0.4, 0.5) is 0 Å². The molecule has 0 spiro atoms. The van der Waals surface area contributed by atoms with Crippen molar-refractivity contribution >= 4 is 11.5 Å². The second kappa shape index (κ2) is 7.99. The fourth-order valence-corrected chi connectivity index (χ4v) is 2.64. The maximum Gasteiger partial charge on any atom is 0.246 e. The van der Waals surface area contributed by atoms with Crippen LogP contribution in [0, 0.1) is 5.92 Å². The third kappa shape index (κ3) is 4.34. The van der Waals surface area contributed by atoms with Gasteiger partial charge in [-0.15, -0.1) is 0 Å². The van der Waals surface area contributed by atoms with Gasteiger partial charge in [-0.25, -0.2) is 0 Å². The van der Waals surface area contributed by atoms with Crippen LogP contribution in [0.1, 0.15) is 25.8 Å². The van der Waals surface area contributed by atoms with Gasteiger partial charge in [-0.05, 0) is 43.5 Å². The van der Waals surface area contributed by atoms with Crippen molar-refractivity contribution in [2.24, 2.45) is 5.92 Å². The van der Waals surface area contributed by atoms with Crippen molar-refractivity contribution in [1.82, 2.24) is 4.90 Å². The Hall–Kier alpha value is -1.81. The maximum absolute atomic E-state index is 12.5. The van der Waals surface area contributed by atoms with Crippen LogP contribution >= 0.6 is 0 Å². The van der Waals surface area contributed by atoms with Gasteiger partial charge in [0.2, 0.25) is 5.91 Å². The minimum Gasteiger partial charge on any atom is -0.497 e. The lowest BCUT2D eigenvalue weighted by Crippen LogP contribution is -2.34. The predicted octanol–water partition coefficient (Wildman–Crippen LogP) is 2.98. The van der Waals surface area contributed by atoms with E-state index in [1.807, 2.05) is 43.0 Å². The molecule has 22 heavy (non-hydrogen) atoms. The number of ether oxygens (including phenoxy) is 2. The Labute approximate surface area is 132 Å². The first-order valence-corrected chi connectivity index (χ1v) is 7.83. The highest BCUT2D eigenvalue weighted by molar-refractivity contribution is 5.94. The van der Waals surface area contributed by atoms with Gasteiger partial charge in [0.25, 0.3) is 0 Å². The van der Waals surface area contributed by atoms with Gasteiger partial charge in [0.15, 0.2) is 0 Å². The van der Waals surface area contributed by atoms with Crippen LogP contribution < -0.4 is 4.74 Å². The first-order valence-electron chi connectivity index (χ1n) is 7.83. The summed E-state index contributed by atoms with van der Waals surface area (Å²) in [6, 6.07) is 7.77. The molecule has 1 aromatic carbocycles. The predicted molar refractivity (Wildman–Crippen MR) is 87.8 cm³/mol. The second-order valence-electron chi connectivity index (χ2n) is 5.67. The van der Waals surface area contributed by atoms with E-state index in [2.05, 4.69) is 0 Å². The lowest BCUT2D eigenvalue weighted by atomic mass is 10.1. The first-order chi connectivity index (χ1) is 10.6. The summed E-state index contributed by atoms with van der Waals surface area (Å²) >= 11 is 0. The van der Waals surface area contributed by atoms with Gasteiger partial charge in [0, 0.05) is 31.7 Å². The van der Waals surface area contributed by atoms with Gasteiger partial charge < -0.3 is 14.4 Å². The van der Waals surface area contributed by atoms with Crippen molar-refractivity contribution in [1.29, 1.82) is 0 Å². The van der Waals surface area contributed by atoms with Crippen molar-refractivity contribution in [3.05, 3.63) is 35.9 Å². The number of hydrogen-bond acceptors (Lipinski definition) is 3. The quantitative estimate of drug-likeness (QED) is 0.758. The lowest BCUT2D eigenvalue weighted by molar-refractivity contribution is -0.126. The number of hydrogen-bond donors (Lipinski definition) is 0. The van der Waals surface area contributed by atoms with Crippen molar-refractivity contribution in [2.75, 3.05) is 33.4 Å². The van der Waals surface area contributed by atoms with Gasteiger partial charge in [0.05, 0.1) is 13.7 Å². The molecule has 1 atom stereocenters. The number of likely N-dealkylation sites (N-methyl/N-ethyl adjacent to an activating group) is 1. The molecule has 4 heteroatoms. The molecule has 2 rings (SSSR count). The van der Waals surface area contributed by atoms with Crippen LogP contribution in [-0.2, 0) is 9.53 Å². The number of methoxy groups -OCH3 is 1. The summed E-state index contributed by atoms with van der Waals surface area (Å²) < 4.78 is 10.6. The minimum absolute atomic E-state index is 0.0646. The molecule has 0 unspecified atom stereocenters. The highest BCUT2D eigenvalue weighted by atomic mass is 16.5. The lowest BCUT2D eigenvalue weighted by Gasteiger charge is -2.22. The maximum atomic E-state index is 12.5. The Morgan fingerprint density at radius 2 is 2.32 bits per heavy atom. The van der Waals surface area contributed by atoms with E-state index in [-0.39, 0.29) is 5.91 Å². The van der Waals surface area contributed by atoms with Gasteiger partial charge in [0.1, 0.15) is 5.75 Å². The smallest absolute Gasteiger partial charge is 0.246 e. The van der Waals surface area contributed by atoms with Crippen molar-refractivity contribution in [3.8, 4) is 5.75 Å². The van der Waals surface area contributed by atoms with Crippen molar-refractivity contribution in [2.45, 2.75) is 20.3 Å². The highest BCUT2D eigenvalue weighted by Gasteiger charge is 2.20. The van der Waals surface area contributed by atoms with E-state index in [9.17, 15) is 4.79 Å². The summed E-state index contributed by atoms with van der Waals surface area (Å²) in [6.45, 7) is 7.05. The third-order valence-electron chi connectivity index (χ3n) is 4.06. The zero-order chi connectivity index (χ0) is 15.9. The molecule has 1 aliphatic heterocycles. The van der Waals surface area contributed by atoms with Crippen molar-refractivity contribution in [3.63, 3.8) is 0 Å². The Balaban J connectivity index is 2.05. The fourth-order valence-electron chi connectivity index (χ4n) is 2.64. The number of carbonyl (C=O) groups is 1. The molecule has 0 radical (unpaired) electrons. The third-order valence-corrected chi connectivity index (χ3v) is 4.06. The van der Waals surface area contributed by atoms with Gasteiger partial charge in [-0.2, -0.15) is 0 Å². The van der Waals surface area contributed by atoms with Crippen LogP contribution in [0.5, 0.6) is 5.75 Å². The fraction of sp³-hybridized carbons (Fsp3) is 0.500. The second-order valence-corrected chi connectivity index (χ2v) is 5.67. The summed E-state index contributed by atoms with van der Waals surface area (Å²) in [6.07, 6.45) is 2.76. The molecule has 1 amide bonds. The Morgan fingerprint density at radius 1 is 1.50 bits per heavy atom. The average Bonchev–Trinajstić information content (AvgIpc) is 3.05. The molecule has 1 aliphatic rings. The number of benzene rings is 1. The number of allylic oxidation sites excluding steroid dienone is 1. The first kappa shape index (κ1) is 16.6. The largest absolute Gasteiger partial charge is 0.497 e. The van der Waals surface area contributed by atoms with Crippen LogP contribution in [0.3, 0.4) is 0 Å². The summed E-state index contributed by atoms with van der Waals surface area (Å²) in [5.74, 6) is 1.33. The summed E-state index contributed by atoms with van der Waals surface area (Å²) in [7, 11) is 1.64. The molecule has 0 aliphatic carbocycles. The topological polar surface area (TPSA) is 38.8 Å². The Bertz CT molecular complexity index is 533. The van der Waals surface area contributed by atoms with Crippen LogP contribution in [0.15, 0.2) is 30.3 Å². The molecule has 4 nitrogen and oxygen atoms in total. The average molecular weight is 303 g/mol. The Kier molecular flexibility index (Phi) is 6.01. The standard InChI is InChI=1S/C18H25NO3/c1-4-19(12-15-8-9-22-13-15)18(20)10-14(2)16-6-5-7-17(11-16)21-3/h5-7,10-11,15H,4,8-9,12-13H2,1-3H3/b14-10+/t15-/m1/s1. The number of rotatable bonds is 6. The molecular weight excluding hydrogens is 278 g/mol. The zero-order valence-electron chi connectivity index (χ0n) is 13.7. The molecule has 1 saturated heterocycles. The summed E-state index contributed by atoms with van der Waals surface area (Å²) in [5.41, 5.74) is 1.96. The van der Waals surface area contributed by atoms with E-state index >= 15 is 0 Å². The van der Waals surface area contributed by atoms with E-state index in [1.165, 1.54) is 0 Å². The Morgan fingerprint density at radius 3 is 2.95 bits per heavy atom. The number of carbonyl (C=O) groups excluding carboxylic acids is 1. The zero-order valence-corrected chi connectivity index (χ0v) is 13.7. The van der Waals surface area contributed by atoms with Crippen LogP contribution in [0.25, 0.3) is 5.57 Å². The van der Waals surface area contributed by atoms with Crippen molar-refractivity contribution < 1.29 is 14.3 Å². The SMILES string of the molecule is CCN(C[C@H]1CCOC1)C(=O)/C=C(\C)c1cccc(OC)c1. The number of nitrogens with zero attached hydrogens (tertiary/aromatic N) is 1. The molecule has 1 aromatic rings. The molecule has 0 bridgehead atoms. The molecule has 1 heterocycles. The molecule has 1 fully saturated rings. The van der Waals surface area contributed by atoms with E-state index in [1.54, 1.807) is 13.2 Å².